The van der Waals surface area contributed by atoms with Crippen LogP contribution in [-0.2, 0) is 16.0 Å². The van der Waals surface area contributed by atoms with Crippen LogP contribution in [0.4, 0.5) is 0 Å². The zero-order valence-electron chi connectivity index (χ0n) is 12.9. The van der Waals surface area contributed by atoms with Gasteiger partial charge in [-0.2, -0.15) is 0 Å². The van der Waals surface area contributed by atoms with Crippen molar-refractivity contribution in [3.63, 3.8) is 0 Å². The second-order valence-electron chi connectivity index (χ2n) is 5.76. The highest BCUT2D eigenvalue weighted by Crippen LogP contribution is 2.47. The van der Waals surface area contributed by atoms with Crippen molar-refractivity contribution in [2.45, 2.75) is 47.5 Å². The first-order valence-corrected chi connectivity index (χ1v) is 6.99. The number of furan rings is 1. The van der Waals surface area contributed by atoms with E-state index in [9.17, 15) is 4.79 Å². The standard InChI is InChI=1S/C17H22O3/c1-7-14(18)20-16-11(4)15-13(9-17(16,6)8-2)10(3)12(5)19-15/h7H,1,8-9H2,2-6H3. The number of hydrogen-bond donors (Lipinski definition) is 0. The zero-order valence-corrected chi connectivity index (χ0v) is 12.9. The van der Waals surface area contributed by atoms with Gasteiger partial charge >= 0.3 is 5.97 Å². The molecule has 1 heterocycles. The van der Waals surface area contributed by atoms with E-state index < -0.39 is 5.97 Å². The molecule has 108 valence electrons. The fourth-order valence-corrected chi connectivity index (χ4v) is 2.84. The lowest BCUT2D eigenvalue weighted by atomic mass is 9.73. The van der Waals surface area contributed by atoms with Gasteiger partial charge in [-0.1, -0.05) is 20.4 Å². The van der Waals surface area contributed by atoms with E-state index in [1.54, 1.807) is 0 Å². The SMILES string of the molecule is C=CC(=O)OC1=C(C)c2oc(C)c(C)c2CC1(C)CC. The van der Waals surface area contributed by atoms with Crippen molar-refractivity contribution in [2.75, 3.05) is 0 Å². The predicted octanol–water partition coefficient (Wildman–Crippen LogP) is 4.33. The minimum absolute atomic E-state index is 0.184. The Morgan fingerprint density at radius 2 is 2.10 bits per heavy atom. The molecule has 0 amide bonds. The first-order chi connectivity index (χ1) is 9.34. The molecule has 1 aliphatic carbocycles. The maximum Gasteiger partial charge on any atom is 0.335 e. The fraction of sp³-hybridized carbons (Fsp3) is 0.471. The molecule has 1 aliphatic rings. The highest BCUT2D eigenvalue weighted by molar-refractivity contribution is 5.84. The zero-order chi connectivity index (χ0) is 15.1. The van der Waals surface area contributed by atoms with Gasteiger partial charge in [0, 0.05) is 22.6 Å². The molecule has 1 atom stereocenters. The lowest BCUT2D eigenvalue weighted by Gasteiger charge is -2.35. The average molecular weight is 274 g/mol. The molecule has 0 N–H and O–H groups in total. The molecule has 3 nitrogen and oxygen atoms in total. The molecule has 0 radical (unpaired) electrons. The third-order valence-electron chi connectivity index (χ3n) is 4.46. The van der Waals surface area contributed by atoms with Crippen molar-refractivity contribution in [3.8, 4) is 0 Å². The van der Waals surface area contributed by atoms with Gasteiger partial charge in [-0.3, -0.25) is 0 Å². The molecule has 1 aromatic heterocycles. The molecule has 0 aliphatic heterocycles. The van der Waals surface area contributed by atoms with Crippen LogP contribution in [0.25, 0.3) is 5.57 Å². The van der Waals surface area contributed by atoms with E-state index >= 15 is 0 Å². The molecule has 0 spiro atoms. The van der Waals surface area contributed by atoms with E-state index in [4.69, 9.17) is 9.15 Å². The molecule has 3 heteroatoms. The van der Waals surface area contributed by atoms with E-state index in [1.165, 1.54) is 17.2 Å². The van der Waals surface area contributed by atoms with Crippen LogP contribution in [0.5, 0.6) is 0 Å². The Kier molecular flexibility index (Phi) is 3.63. The number of aryl methyl sites for hydroxylation is 1. The van der Waals surface area contributed by atoms with Crippen LogP contribution >= 0.6 is 0 Å². The molecular formula is C17H22O3. The molecule has 0 aromatic carbocycles. The molecule has 0 saturated heterocycles. The number of ether oxygens (including phenoxy) is 1. The molecule has 0 saturated carbocycles. The van der Waals surface area contributed by atoms with Gasteiger partial charge in [0.1, 0.15) is 17.3 Å². The van der Waals surface area contributed by atoms with Crippen LogP contribution in [-0.4, -0.2) is 5.97 Å². The third kappa shape index (κ3) is 2.11. The summed E-state index contributed by atoms with van der Waals surface area (Å²) in [5.74, 6) is 2.09. The Morgan fingerprint density at radius 1 is 1.45 bits per heavy atom. The number of fused-ring (bicyclic) bond motifs is 1. The van der Waals surface area contributed by atoms with Crippen LogP contribution in [0.2, 0.25) is 0 Å². The number of carbonyl (C=O) groups excluding carboxylic acids is 1. The Bertz CT molecular complexity index is 604. The van der Waals surface area contributed by atoms with Gasteiger partial charge in [0.05, 0.1) is 0 Å². The number of rotatable bonds is 3. The maximum absolute atomic E-state index is 11.6. The van der Waals surface area contributed by atoms with Crippen LogP contribution in [0.3, 0.4) is 0 Å². The normalized spacial score (nSPS) is 21.6. The minimum Gasteiger partial charge on any atom is -0.461 e. The smallest absolute Gasteiger partial charge is 0.335 e. The quantitative estimate of drug-likeness (QED) is 0.608. The largest absolute Gasteiger partial charge is 0.461 e. The van der Waals surface area contributed by atoms with Gasteiger partial charge < -0.3 is 9.15 Å². The van der Waals surface area contributed by atoms with Crippen molar-refractivity contribution in [1.29, 1.82) is 0 Å². The molecule has 1 aromatic rings. The fourth-order valence-electron chi connectivity index (χ4n) is 2.84. The third-order valence-corrected chi connectivity index (χ3v) is 4.46. The van der Waals surface area contributed by atoms with E-state index in [-0.39, 0.29) is 5.41 Å². The van der Waals surface area contributed by atoms with Crippen LogP contribution in [0.1, 0.15) is 49.8 Å². The van der Waals surface area contributed by atoms with Gasteiger partial charge in [-0.05, 0) is 39.2 Å². The van der Waals surface area contributed by atoms with Crippen LogP contribution in [0.15, 0.2) is 22.8 Å². The molecule has 2 rings (SSSR count). The number of esters is 1. The van der Waals surface area contributed by atoms with E-state index in [0.29, 0.717) is 5.76 Å². The van der Waals surface area contributed by atoms with Crippen molar-refractivity contribution >= 4 is 11.5 Å². The first kappa shape index (κ1) is 14.6. The van der Waals surface area contributed by atoms with E-state index in [1.807, 2.05) is 13.8 Å². The van der Waals surface area contributed by atoms with Gasteiger partial charge in [0.25, 0.3) is 0 Å². The second-order valence-corrected chi connectivity index (χ2v) is 5.76. The minimum atomic E-state index is -0.414. The summed E-state index contributed by atoms with van der Waals surface area (Å²) in [5.41, 5.74) is 3.18. The summed E-state index contributed by atoms with van der Waals surface area (Å²) in [7, 11) is 0. The summed E-state index contributed by atoms with van der Waals surface area (Å²) in [6.45, 7) is 13.7. The van der Waals surface area contributed by atoms with Crippen LogP contribution < -0.4 is 0 Å². The topological polar surface area (TPSA) is 39.4 Å². The summed E-state index contributed by atoms with van der Waals surface area (Å²) >= 11 is 0. The van der Waals surface area contributed by atoms with Gasteiger partial charge in [0.15, 0.2) is 0 Å². The lowest BCUT2D eigenvalue weighted by molar-refractivity contribution is -0.135. The number of hydrogen-bond acceptors (Lipinski definition) is 3. The molecule has 0 fully saturated rings. The summed E-state index contributed by atoms with van der Waals surface area (Å²) in [6.07, 6.45) is 2.93. The maximum atomic E-state index is 11.6. The number of allylic oxidation sites excluding steroid dienone is 2. The van der Waals surface area contributed by atoms with Gasteiger partial charge in [-0.25, -0.2) is 4.79 Å². The molecule has 0 bridgehead atoms. The average Bonchev–Trinajstić information content (AvgIpc) is 2.71. The summed E-state index contributed by atoms with van der Waals surface area (Å²) in [6, 6.07) is 0. The Balaban J connectivity index is 2.61. The molecule has 1 unspecified atom stereocenters. The Labute approximate surface area is 120 Å². The summed E-state index contributed by atoms with van der Waals surface area (Å²) in [5, 5.41) is 0. The number of carbonyl (C=O) groups is 1. The highest BCUT2D eigenvalue weighted by atomic mass is 16.5. The predicted molar refractivity (Wildman–Crippen MR) is 79.2 cm³/mol. The van der Waals surface area contributed by atoms with Crippen molar-refractivity contribution in [1.82, 2.24) is 0 Å². The summed E-state index contributed by atoms with van der Waals surface area (Å²) < 4.78 is 11.4. The van der Waals surface area contributed by atoms with Gasteiger partial charge in [0.2, 0.25) is 0 Å². The Morgan fingerprint density at radius 3 is 2.65 bits per heavy atom. The molecule has 20 heavy (non-hydrogen) atoms. The van der Waals surface area contributed by atoms with E-state index in [0.717, 1.165) is 29.9 Å². The first-order valence-electron chi connectivity index (χ1n) is 6.99. The van der Waals surface area contributed by atoms with Crippen molar-refractivity contribution in [2.24, 2.45) is 5.41 Å². The lowest BCUT2D eigenvalue weighted by Crippen LogP contribution is -2.29. The molecular weight excluding hydrogens is 252 g/mol. The van der Waals surface area contributed by atoms with Crippen molar-refractivity contribution in [3.05, 3.63) is 41.1 Å². The van der Waals surface area contributed by atoms with Gasteiger partial charge in [-0.15, -0.1) is 0 Å². The Hall–Kier alpha value is -1.77. The monoisotopic (exact) mass is 274 g/mol. The highest BCUT2D eigenvalue weighted by Gasteiger charge is 2.39. The van der Waals surface area contributed by atoms with E-state index in [2.05, 4.69) is 27.4 Å². The van der Waals surface area contributed by atoms with Crippen LogP contribution in [0, 0.1) is 19.3 Å². The second kappa shape index (κ2) is 4.97. The summed E-state index contributed by atoms with van der Waals surface area (Å²) in [4.78, 5) is 11.6. The van der Waals surface area contributed by atoms with Crippen molar-refractivity contribution < 1.29 is 13.9 Å².